The van der Waals surface area contributed by atoms with Crippen LogP contribution in [-0.4, -0.2) is 25.9 Å². The first-order valence-corrected chi connectivity index (χ1v) is 16.6. The second-order valence-corrected chi connectivity index (χ2v) is 13.3. The van der Waals surface area contributed by atoms with E-state index in [1.54, 1.807) is 36.4 Å². The van der Waals surface area contributed by atoms with Crippen molar-refractivity contribution in [1.82, 2.24) is 0 Å². The zero-order valence-corrected chi connectivity index (χ0v) is 24.6. The summed E-state index contributed by atoms with van der Waals surface area (Å²) in [4.78, 5) is -0.511. The molecular weight excluding hydrogens is 581 g/mol. The van der Waals surface area contributed by atoms with Crippen LogP contribution in [0.1, 0.15) is 33.4 Å². The molecule has 0 atom stereocenters. The number of hydrogen-bond donors (Lipinski definition) is 2. The first-order valence-electron chi connectivity index (χ1n) is 13.7. The van der Waals surface area contributed by atoms with Gasteiger partial charge in [0.1, 0.15) is 9.79 Å². The summed E-state index contributed by atoms with van der Waals surface area (Å²) in [5.74, 6) is 0. The van der Waals surface area contributed by atoms with Crippen LogP contribution in [0.2, 0.25) is 0 Å². The van der Waals surface area contributed by atoms with Crippen molar-refractivity contribution >= 4 is 41.8 Å². The van der Waals surface area contributed by atoms with Crippen molar-refractivity contribution < 1.29 is 25.9 Å². The zero-order chi connectivity index (χ0) is 30.2. The van der Waals surface area contributed by atoms with Crippen molar-refractivity contribution in [2.75, 3.05) is 0 Å². The predicted molar refractivity (Wildman–Crippen MR) is 169 cm³/mol. The maximum absolute atomic E-state index is 13.1. The minimum atomic E-state index is -4.77. The lowest BCUT2D eigenvalue weighted by atomic mass is 9.89. The van der Waals surface area contributed by atoms with Crippen LogP contribution in [-0.2, 0) is 39.5 Å². The number of benzene rings is 6. The molecule has 0 aliphatic heterocycles. The van der Waals surface area contributed by atoms with Crippen LogP contribution in [0, 0.1) is 0 Å². The molecule has 6 aromatic rings. The summed E-state index contributed by atoms with van der Waals surface area (Å²) in [6, 6.07) is 36.6. The minimum absolute atomic E-state index is 0.170. The van der Waals surface area contributed by atoms with E-state index in [2.05, 4.69) is 0 Å². The molecule has 0 unspecified atom stereocenters. The first-order chi connectivity index (χ1) is 20.6. The van der Waals surface area contributed by atoms with Gasteiger partial charge in [0, 0.05) is 6.42 Å². The van der Waals surface area contributed by atoms with Gasteiger partial charge in [-0.25, -0.2) is 0 Å². The lowest BCUT2D eigenvalue weighted by Crippen LogP contribution is -2.13. The van der Waals surface area contributed by atoms with Crippen LogP contribution in [0.25, 0.3) is 21.5 Å². The van der Waals surface area contributed by atoms with Gasteiger partial charge in [0.15, 0.2) is 0 Å². The molecule has 2 N–H and O–H groups in total. The van der Waals surface area contributed by atoms with E-state index in [9.17, 15) is 25.9 Å². The Labute approximate surface area is 250 Å². The smallest absolute Gasteiger partial charge is 0.282 e. The van der Waals surface area contributed by atoms with Crippen LogP contribution >= 0.6 is 0 Å². The average molecular weight is 609 g/mol. The molecule has 0 fully saturated rings. The van der Waals surface area contributed by atoms with Gasteiger partial charge in [-0.3, -0.25) is 9.11 Å². The van der Waals surface area contributed by atoms with Gasteiger partial charge in [0.2, 0.25) is 0 Å². The van der Waals surface area contributed by atoms with Crippen LogP contribution in [0.5, 0.6) is 0 Å². The van der Waals surface area contributed by atoms with E-state index in [0.717, 1.165) is 21.9 Å². The van der Waals surface area contributed by atoms with E-state index in [1.807, 2.05) is 84.9 Å². The third-order valence-corrected chi connectivity index (χ3v) is 9.76. The third-order valence-electron chi connectivity index (χ3n) is 7.71. The molecule has 0 heterocycles. The lowest BCUT2D eigenvalue weighted by Gasteiger charge is -2.20. The van der Waals surface area contributed by atoms with E-state index < -0.39 is 20.2 Å². The summed E-state index contributed by atoms with van der Waals surface area (Å²) >= 11 is 0. The lowest BCUT2D eigenvalue weighted by molar-refractivity contribution is 0.480. The second kappa shape index (κ2) is 11.4. The van der Waals surface area contributed by atoms with E-state index in [1.165, 1.54) is 0 Å². The van der Waals surface area contributed by atoms with Gasteiger partial charge in [-0.05, 0) is 79.9 Å². The Kier molecular flexibility index (Phi) is 7.62. The van der Waals surface area contributed by atoms with Gasteiger partial charge in [-0.1, -0.05) is 109 Å². The van der Waals surface area contributed by atoms with Gasteiger partial charge in [0.05, 0.1) is 0 Å². The Bertz CT molecular complexity index is 2030. The summed E-state index contributed by atoms with van der Waals surface area (Å²) in [5.41, 5.74) is 3.00. The predicted octanol–water partition coefficient (Wildman–Crippen LogP) is 7.26. The maximum atomic E-state index is 13.1. The molecule has 6 rings (SSSR count). The van der Waals surface area contributed by atoms with Gasteiger partial charge < -0.3 is 0 Å². The molecule has 6 aromatic carbocycles. The molecule has 8 heteroatoms. The Morgan fingerprint density at radius 3 is 1.16 bits per heavy atom. The molecule has 0 aliphatic carbocycles. The Morgan fingerprint density at radius 1 is 0.442 bits per heavy atom. The van der Waals surface area contributed by atoms with Gasteiger partial charge in [-0.2, -0.15) is 16.8 Å². The van der Waals surface area contributed by atoms with E-state index in [-0.39, 0.29) is 40.2 Å². The van der Waals surface area contributed by atoms with E-state index >= 15 is 0 Å². The molecule has 0 spiro atoms. The van der Waals surface area contributed by atoms with Gasteiger partial charge in [0.25, 0.3) is 20.2 Å². The molecule has 0 aliphatic rings. The molecule has 0 saturated carbocycles. The van der Waals surface area contributed by atoms with Crippen molar-refractivity contribution in [3.8, 4) is 0 Å². The molecule has 0 bridgehead atoms. The monoisotopic (exact) mass is 608 g/mol. The Hall–Kier alpha value is -4.34. The van der Waals surface area contributed by atoms with Crippen molar-refractivity contribution in [2.24, 2.45) is 0 Å². The average Bonchev–Trinajstić information content (AvgIpc) is 2.97. The van der Waals surface area contributed by atoms with Gasteiger partial charge in [-0.15, -0.1) is 0 Å². The van der Waals surface area contributed by atoms with Crippen molar-refractivity contribution in [3.05, 3.63) is 155 Å². The number of rotatable bonds is 8. The zero-order valence-electron chi connectivity index (χ0n) is 23.0. The Balaban J connectivity index is 1.67. The fourth-order valence-electron chi connectivity index (χ4n) is 6.00. The topological polar surface area (TPSA) is 109 Å². The first kappa shape index (κ1) is 28.8. The third kappa shape index (κ3) is 5.96. The summed E-state index contributed by atoms with van der Waals surface area (Å²) in [7, 11) is -9.54. The second-order valence-electron chi connectivity index (χ2n) is 10.6. The summed E-state index contributed by atoms with van der Waals surface area (Å²) in [5, 5.41) is 2.61. The molecule has 6 nitrogen and oxygen atoms in total. The highest BCUT2D eigenvalue weighted by Gasteiger charge is 2.28. The quantitative estimate of drug-likeness (QED) is 0.176. The van der Waals surface area contributed by atoms with Crippen molar-refractivity contribution in [3.63, 3.8) is 0 Å². The Morgan fingerprint density at radius 2 is 0.791 bits per heavy atom. The van der Waals surface area contributed by atoms with Crippen LogP contribution < -0.4 is 0 Å². The maximum Gasteiger partial charge on any atom is 0.295 e. The molecule has 0 saturated heterocycles. The van der Waals surface area contributed by atoms with Crippen LogP contribution in [0.3, 0.4) is 0 Å². The van der Waals surface area contributed by atoms with Crippen LogP contribution in [0.15, 0.2) is 131 Å². The standard InChI is InChI=1S/C35H28O6S2/c36-42(37,38)34-28(19-24-11-3-1-4-12-24)21-26-15-7-9-17-30(26)32(34)23-33-31-18-10-8-16-27(31)22-29(35(33)43(39,40)41)20-25-13-5-2-6-14-25/h1-18,21-22H,19-20,23H2,(H,36,37,38)(H,39,40,41). The van der Waals surface area contributed by atoms with Crippen molar-refractivity contribution in [2.45, 2.75) is 29.1 Å². The van der Waals surface area contributed by atoms with Crippen LogP contribution in [0.4, 0.5) is 0 Å². The molecular formula is C35H28O6S2. The summed E-state index contributed by atoms with van der Waals surface area (Å²) < 4.78 is 73.9. The molecule has 43 heavy (non-hydrogen) atoms. The van der Waals surface area contributed by atoms with E-state index in [0.29, 0.717) is 21.9 Å². The highest BCUT2D eigenvalue weighted by molar-refractivity contribution is 7.86. The van der Waals surface area contributed by atoms with Crippen molar-refractivity contribution in [1.29, 1.82) is 0 Å². The molecule has 216 valence electrons. The highest BCUT2D eigenvalue weighted by Crippen LogP contribution is 2.38. The molecule has 0 aromatic heterocycles. The summed E-state index contributed by atoms with van der Waals surface area (Å²) in [6.07, 6.45) is 0.290. The fraction of sp³-hybridized carbons (Fsp3) is 0.0857. The number of hydrogen-bond acceptors (Lipinski definition) is 4. The SMILES string of the molecule is O=S(=O)(O)c1c(Cc2ccccc2)cc2ccccc2c1Cc1c(S(=O)(=O)O)c(Cc2ccccc2)cc2ccccc12. The summed E-state index contributed by atoms with van der Waals surface area (Å²) in [6.45, 7) is 0. The van der Waals surface area contributed by atoms with E-state index in [4.69, 9.17) is 0 Å². The fourth-order valence-corrected chi connectivity index (χ4v) is 7.91. The normalized spacial score (nSPS) is 12.1. The molecule has 0 radical (unpaired) electrons. The number of fused-ring (bicyclic) bond motifs is 2. The highest BCUT2D eigenvalue weighted by atomic mass is 32.2. The largest absolute Gasteiger partial charge is 0.295 e. The molecule has 0 amide bonds. The van der Waals surface area contributed by atoms with Gasteiger partial charge >= 0.3 is 0 Å². The minimum Gasteiger partial charge on any atom is -0.282 e.